The molecule has 7 nitrogen and oxygen atoms in total. The van der Waals surface area contributed by atoms with Crippen molar-refractivity contribution in [2.45, 2.75) is 19.8 Å². The van der Waals surface area contributed by atoms with E-state index in [9.17, 15) is 8.42 Å². The molecule has 1 aliphatic rings. The van der Waals surface area contributed by atoms with Gasteiger partial charge in [0.1, 0.15) is 5.75 Å². The SMILES string of the molecule is COc1ccc2nccc(N3CCC(C(C)CNN[SH](=O)=O)CC3)c2c1. The van der Waals surface area contributed by atoms with Gasteiger partial charge in [0.25, 0.3) is 0 Å². The normalized spacial score (nSPS) is 17.0. The quantitative estimate of drug-likeness (QED) is 0.503. The second-order valence-electron chi connectivity index (χ2n) is 6.76. The van der Waals surface area contributed by atoms with Crippen molar-refractivity contribution < 1.29 is 13.2 Å². The topological polar surface area (TPSA) is 83.6 Å². The zero-order valence-electron chi connectivity index (χ0n) is 15.1. The van der Waals surface area contributed by atoms with Crippen LogP contribution in [-0.2, 0) is 10.9 Å². The maximum absolute atomic E-state index is 10.6. The molecule has 1 unspecified atom stereocenters. The first-order valence-corrected chi connectivity index (χ1v) is 10.1. The van der Waals surface area contributed by atoms with E-state index in [1.165, 1.54) is 5.69 Å². The van der Waals surface area contributed by atoms with Crippen molar-refractivity contribution in [2.75, 3.05) is 31.6 Å². The molecule has 0 radical (unpaired) electrons. The van der Waals surface area contributed by atoms with Crippen LogP contribution in [0.1, 0.15) is 19.8 Å². The van der Waals surface area contributed by atoms with Crippen LogP contribution in [0.3, 0.4) is 0 Å². The number of methoxy groups -OCH3 is 1. The van der Waals surface area contributed by atoms with Gasteiger partial charge < -0.3 is 9.64 Å². The number of nitrogens with zero attached hydrogens (tertiary/aromatic N) is 2. The molecule has 0 bridgehead atoms. The molecule has 1 aliphatic heterocycles. The highest BCUT2D eigenvalue weighted by atomic mass is 32.2. The minimum absolute atomic E-state index is 0.411. The first kappa shape index (κ1) is 18.9. The number of nitrogens with one attached hydrogen (secondary N) is 2. The molecule has 3 rings (SSSR count). The van der Waals surface area contributed by atoms with E-state index in [4.69, 9.17) is 4.74 Å². The summed E-state index contributed by atoms with van der Waals surface area (Å²) >= 11 is 0. The summed E-state index contributed by atoms with van der Waals surface area (Å²) in [5.74, 6) is 1.83. The van der Waals surface area contributed by atoms with Crippen LogP contribution in [-0.4, -0.2) is 40.1 Å². The summed E-state index contributed by atoms with van der Waals surface area (Å²) < 4.78 is 26.5. The summed E-state index contributed by atoms with van der Waals surface area (Å²) in [6, 6.07) is 8.05. The lowest BCUT2D eigenvalue weighted by Crippen LogP contribution is -2.40. The Labute approximate surface area is 155 Å². The molecule has 0 saturated carbocycles. The molecule has 1 atom stereocenters. The third-order valence-corrected chi connectivity index (χ3v) is 5.55. The van der Waals surface area contributed by atoms with Gasteiger partial charge >= 0.3 is 0 Å². The van der Waals surface area contributed by atoms with Gasteiger partial charge in [-0.25, -0.2) is 13.8 Å². The Balaban J connectivity index is 1.65. The number of benzene rings is 1. The van der Waals surface area contributed by atoms with Crippen LogP contribution in [0.25, 0.3) is 10.9 Å². The molecule has 2 heterocycles. The number of fused-ring (bicyclic) bond motifs is 1. The van der Waals surface area contributed by atoms with Gasteiger partial charge in [-0.05, 0) is 48.9 Å². The monoisotopic (exact) mass is 378 g/mol. The molecule has 0 aliphatic carbocycles. The number of hydrogen-bond acceptors (Lipinski definition) is 6. The summed E-state index contributed by atoms with van der Waals surface area (Å²) in [5.41, 5.74) is 4.95. The van der Waals surface area contributed by atoms with E-state index in [0.717, 1.165) is 42.6 Å². The Kier molecular flexibility index (Phi) is 6.29. The third-order valence-electron chi connectivity index (χ3n) is 5.21. The van der Waals surface area contributed by atoms with Crippen molar-refractivity contribution in [3.63, 3.8) is 0 Å². The zero-order valence-corrected chi connectivity index (χ0v) is 16.0. The number of rotatable bonds is 7. The van der Waals surface area contributed by atoms with E-state index >= 15 is 0 Å². The molecular formula is C18H26N4O3S. The highest BCUT2D eigenvalue weighted by molar-refractivity contribution is 7.70. The summed E-state index contributed by atoms with van der Waals surface area (Å²) in [4.78, 5) is 9.12. The van der Waals surface area contributed by atoms with Crippen LogP contribution >= 0.6 is 0 Å². The Morgan fingerprint density at radius 3 is 2.77 bits per heavy atom. The first-order chi connectivity index (χ1) is 12.6. The molecule has 0 amide bonds. The third kappa shape index (κ3) is 4.44. The van der Waals surface area contributed by atoms with Gasteiger partial charge in [0, 0.05) is 36.9 Å². The number of hydrogen-bond donors (Lipinski definition) is 3. The second kappa shape index (κ2) is 8.66. The van der Waals surface area contributed by atoms with Gasteiger partial charge in [-0.2, -0.15) is 4.83 Å². The lowest BCUT2D eigenvalue weighted by Gasteiger charge is -2.36. The molecule has 26 heavy (non-hydrogen) atoms. The van der Waals surface area contributed by atoms with E-state index in [0.29, 0.717) is 18.4 Å². The van der Waals surface area contributed by atoms with Gasteiger partial charge in [-0.1, -0.05) is 6.92 Å². The van der Waals surface area contributed by atoms with Crippen molar-refractivity contribution in [1.82, 2.24) is 15.2 Å². The molecule has 1 fully saturated rings. The van der Waals surface area contributed by atoms with Crippen molar-refractivity contribution in [3.05, 3.63) is 30.5 Å². The molecule has 1 saturated heterocycles. The Morgan fingerprint density at radius 2 is 2.08 bits per heavy atom. The Morgan fingerprint density at radius 1 is 1.31 bits per heavy atom. The predicted molar refractivity (Wildman–Crippen MR) is 104 cm³/mol. The Bertz CT molecular complexity index is 811. The molecule has 142 valence electrons. The van der Waals surface area contributed by atoms with Gasteiger partial charge in [0.2, 0.25) is 10.9 Å². The minimum Gasteiger partial charge on any atom is -0.497 e. The van der Waals surface area contributed by atoms with E-state index in [2.05, 4.69) is 33.1 Å². The number of anilines is 1. The highest BCUT2D eigenvalue weighted by Crippen LogP contribution is 2.33. The van der Waals surface area contributed by atoms with Crippen LogP contribution in [0.15, 0.2) is 30.5 Å². The molecule has 1 aromatic carbocycles. The molecule has 2 aromatic rings. The van der Waals surface area contributed by atoms with Crippen molar-refractivity contribution in [1.29, 1.82) is 0 Å². The number of pyridine rings is 1. The van der Waals surface area contributed by atoms with Gasteiger partial charge in [-0.3, -0.25) is 4.98 Å². The number of piperidine rings is 1. The lowest BCUT2D eigenvalue weighted by molar-refractivity contribution is 0.281. The standard InChI is InChI=1S/C18H26N4O3S/c1-13(12-20-21-26(23)24)14-6-9-22(10-7-14)18-5-8-19-17-4-3-15(25-2)11-16(17)18/h3-5,8,11,13-14,20,26H,6-7,9-10,12H2,1-2H3,(H,21,23,24). The number of aromatic nitrogens is 1. The fraction of sp³-hybridized carbons (Fsp3) is 0.500. The van der Waals surface area contributed by atoms with E-state index in [-0.39, 0.29) is 0 Å². The van der Waals surface area contributed by atoms with Gasteiger partial charge in [0.05, 0.1) is 12.6 Å². The summed E-state index contributed by atoms with van der Waals surface area (Å²) in [6.45, 7) is 4.77. The van der Waals surface area contributed by atoms with E-state index in [1.807, 2.05) is 24.4 Å². The second-order valence-corrected chi connectivity index (χ2v) is 7.50. The number of ether oxygens (including phenoxy) is 1. The van der Waals surface area contributed by atoms with Crippen molar-refractivity contribution >= 4 is 27.5 Å². The highest BCUT2D eigenvalue weighted by Gasteiger charge is 2.24. The van der Waals surface area contributed by atoms with Crippen LogP contribution in [0.4, 0.5) is 5.69 Å². The summed E-state index contributed by atoms with van der Waals surface area (Å²) in [6.07, 6.45) is 4.03. The van der Waals surface area contributed by atoms with Crippen molar-refractivity contribution in [2.24, 2.45) is 11.8 Å². The molecule has 0 spiro atoms. The van der Waals surface area contributed by atoms with Crippen molar-refractivity contribution in [3.8, 4) is 5.75 Å². The van der Waals surface area contributed by atoms with Crippen LogP contribution in [0.5, 0.6) is 5.75 Å². The van der Waals surface area contributed by atoms with E-state index in [1.54, 1.807) is 7.11 Å². The number of thiol groups is 1. The minimum atomic E-state index is -2.59. The van der Waals surface area contributed by atoms with Crippen LogP contribution in [0, 0.1) is 11.8 Å². The molecule has 1 aromatic heterocycles. The average Bonchev–Trinajstić information content (AvgIpc) is 2.67. The first-order valence-electron chi connectivity index (χ1n) is 8.89. The predicted octanol–water partition coefficient (Wildman–Crippen LogP) is 1.72. The molecule has 8 heteroatoms. The fourth-order valence-corrected chi connectivity index (χ4v) is 3.88. The summed E-state index contributed by atoms with van der Waals surface area (Å²) in [5, 5.41) is 1.11. The van der Waals surface area contributed by atoms with Crippen LogP contribution in [0.2, 0.25) is 0 Å². The molecule has 2 N–H and O–H groups in total. The number of hydrazine groups is 1. The van der Waals surface area contributed by atoms with Crippen LogP contribution < -0.4 is 19.9 Å². The summed E-state index contributed by atoms with van der Waals surface area (Å²) in [7, 11) is -0.916. The maximum Gasteiger partial charge on any atom is 0.214 e. The van der Waals surface area contributed by atoms with Gasteiger partial charge in [-0.15, -0.1) is 0 Å². The zero-order chi connectivity index (χ0) is 18.5. The Hall–Kier alpha value is -1.90. The van der Waals surface area contributed by atoms with Gasteiger partial charge in [0.15, 0.2) is 0 Å². The fourth-order valence-electron chi connectivity index (χ4n) is 3.66. The molecular weight excluding hydrogens is 352 g/mol. The smallest absolute Gasteiger partial charge is 0.214 e. The average molecular weight is 378 g/mol. The maximum atomic E-state index is 10.6. The largest absolute Gasteiger partial charge is 0.497 e. The lowest BCUT2D eigenvalue weighted by atomic mass is 9.85. The van der Waals surface area contributed by atoms with E-state index < -0.39 is 10.9 Å².